The molecule has 1 saturated carbocycles. The molecule has 1 aromatic heterocycles. The van der Waals surface area contributed by atoms with Crippen LogP contribution < -0.4 is 5.32 Å². The fraction of sp³-hybridized carbons (Fsp3) is 0.476. The molecule has 1 aromatic carbocycles. The molecule has 1 aliphatic carbocycles. The Hall–Kier alpha value is -2.67. The molecule has 0 unspecified atom stereocenters. The SMILES string of the molecule is CN(C)[C@]1(c2ccccc2)CC[C@@]2(CC1)NC(=O)N(CCn1ccnc1)C2=O. The number of imidazole rings is 1. The van der Waals surface area contributed by atoms with Crippen LogP contribution in [0, 0.1) is 0 Å². The Bertz CT molecular complexity index is 839. The zero-order valence-corrected chi connectivity index (χ0v) is 16.5. The molecule has 2 heterocycles. The van der Waals surface area contributed by atoms with Gasteiger partial charge in [0, 0.05) is 31.0 Å². The molecule has 0 atom stereocenters. The minimum Gasteiger partial charge on any atom is -0.336 e. The molecule has 1 aliphatic heterocycles. The summed E-state index contributed by atoms with van der Waals surface area (Å²) in [5, 5.41) is 3.02. The zero-order valence-electron chi connectivity index (χ0n) is 16.5. The lowest BCUT2D eigenvalue weighted by Crippen LogP contribution is -2.55. The largest absolute Gasteiger partial charge is 0.336 e. The van der Waals surface area contributed by atoms with Crippen molar-refractivity contribution < 1.29 is 9.59 Å². The lowest BCUT2D eigenvalue weighted by molar-refractivity contribution is -0.133. The van der Waals surface area contributed by atoms with Crippen molar-refractivity contribution in [1.29, 1.82) is 0 Å². The van der Waals surface area contributed by atoms with Crippen molar-refractivity contribution in [3.63, 3.8) is 0 Å². The molecule has 3 amide bonds. The summed E-state index contributed by atoms with van der Waals surface area (Å²) in [7, 11) is 4.19. The Morgan fingerprint density at radius 2 is 1.79 bits per heavy atom. The summed E-state index contributed by atoms with van der Waals surface area (Å²) >= 11 is 0. The molecule has 0 radical (unpaired) electrons. The van der Waals surface area contributed by atoms with E-state index in [1.165, 1.54) is 10.5 Å². The van der Waals surface area contributed by atoms with Crippen LogP contribution in [-0.4, -0.2) is 57.5 Å². The van der Waals surface area contributed by atoms with E-state index in [0.29, 0.717) is 25.9 Å². The molecular formula is C21H27N5O2. The van der Waals surface area contributed by atoms with Crippen LogP contribution >= 0.6 is 0 Å². The number of carbonyl (C=O) groups is 2. The average Bonchev–Trinajstić information content (AvgIpc) is 3.29. The number of nitrogens with zero attached hydrogens (tertiary/aromatic N) is 4. The molecule has 1 spiro atoms. The number of imide groups is 1. The first-order valence-corrected chi connectivity index (χ1v) is 9.80. The van der Waals surface area contributed by atoms with E-state index in [1.54, 1.807) is 12.5 Å². The second kappa shape index (κ2) is 7.05. The van der Waals surface area contributed by atoms with Crippen molar-refractivity contribution >= 4 is 11.9 Å². The van der Waals surface area contributed by atoms with Crippen molar-refractivity contribution in [3.8, 4) is 0 Å². The normalized spacial score (nSPS) is 27.6. The van der Waals surface area contributed by atoms with E-state index in [2.05, 4.69) is 53.6 Å². The number of benzene rings is 1. The third-order valence-corrected chi connectivity index (χ3v) is 6.48. The number of aromatic nitrogens is 2. The number of nitrogens with one attached hydrogen (secondary N) is 1. The minimum absolute atomic E-state index is 0.0852. The van der Waals surface area contributed by atoms with E-state index < -0.39 is 5.54 Å². The fourth-order valence-corrected chi connectivity index (χ4v) is 4.69. The van der Waals surface area contributed by atoms with E-state index in [4.69, 9.17) is 0 Å². The van der Waals surface area contributed by atoms with Crippen molar-refractivity contribution in [2.45, 2.75) is 43.3 Å². The fourth-order valence-electron chi connectivity index (χ4n) is 4.69. The van der Waals surface area contributed by atoms with Crippen LogP contribution in [0.2, 0.25) is 0 Å². The lowest BCUT2D eigenvalue weighted by Gasteiger charge is -2.48. The second-order valence-electron chi connectivity index (χ2n) is 8.06. The number of urea groups is 1. The van der Waals surface area contributed by atoms with E-state index in [9.17, 15) is 9.59 Å². The van der Waals surface area contributed by atoms with Crippen LogP contribution in [0.1, 0.15) is 31.2 Å². The van der Waals surface area contributed by atoms with Crippen molar-refractivity contribution in [3.05, 3.63) is 54.6 Å². The third-order valence-electron chi connectivity index (χ3n) is 6.48. The van der Waals surface area contributed by atoms with E-state index >= 15 is 0 Å². The van der Waals surface area contributed by atoms with Gasteiger partial charge in [-0.1, -0.05) is 30.3 Å². The van der Waals surface area contributed by atoms with E-state index in [1.807, 2.05) is 16.8 Å². The summed E-state index contributed by atoms with van der Waals surface area (Å²) in [4.78, 5) is 33.3. The number of amides is 3. The molecule has 1 N–H and O–H groups in total. The van der Waals surface area contributed by atoms with Crippen LogP contribution in [0.5, 0.6) is 0 Å². The summed E-state index contributed by atoms with van der Waals surface area (Å²) in [5.74, 6) is -0.0852. The highest BCUT2D eigenvalue weighted by Gasteiger charge is 2.55. The van der Waals surface area contributed by atoms with Crippen LogP contribution in [0.15, 0.2) is 49.1 Å². The van der Waals surface area contributed by atoms with Gasteiger partial charge in [-0.2, -0.15) is 0 Å². The van der Waals surface area contributed by atoms with E-state index in [-0.39, 0.29) is 17.5 Å². The van der Waals surface area contributed by atoms with Gasteiger partial charge in [0.15, 0.2) is 0 Å². The summed E-state index contributed by atoms with van der Waals surface area (Å²) in [6.45, 7) is 0.918. The molecule has 28 heavy (non-hydrogen) atoms. The summed E-state index contributed by atoms with van der Waals surface area (Å²) in [6.07, 6.45) is 8.16. The van der Waals surface area contributed by atoms with Gasteiger partial charge in [-0.15, -0.1) is 0 Å². The molecule has 2 aromatic rings. The van der Waals surface area contributed by atoms with Crippen molar-refractivity contribution in [2.24, 2.45) is 0 Å². The van der Waals surface area contributed by atoms with Gasteiger partial charge >= 0.3 is 6.03 Å². The molecule has 2 fully saturated rings. The monoisotopic (exact) mass is 381 g/mol. The maximum atomic E-state index is 13.2. The Morgan fingerprint density at radius 3 is 2.39 bits per heavy atom. The van der Waals surface area contributed by atoms with Gasteiger partial charge in [0.2, 0.25) is 0 Å². The lowest BCUT2D eigenvalue weighted by atomic mass is 9.68. The molecular weight excluding hydrogens is 354 g/mol. The van der Waals surface area contributed by atoms with Gasteiger partial charge in [-0.3, -0.25) is 14.6 Å². The van der Waals surface area contributed by atoms with Crippen LogP contribution in [-0.2, 0) is 16.9 Å². The number of hydrogen-bond acceptors (Lipinski definition) is 4. The molecule has 0 bridgehead atoms. The predicted molar refractivity (Wildman–Crippen MR) is 105 cm³/mol. The van der Waals surface area contributed by atoms with E-state index in [0.717, 1.165) is 12.8 Å². The first-order valence-electron chi connectivity index (χ1n) is 9.80. The van der Waals surface area contributed by atoms with Crippen LogP contribution in [0.4, 0.5) is 4.79 Å². The summed E-state index contributed by atoms with van der Waals surface area (Å²) < 4.78 is 1.87. The quantitative estimate of drug-likeness (QED) is 0.806. The highest BCUT2D eigenvalue weighted by Crippen LogP contribution is 2.46. The van der Waals surface area contributed by atoms with Crippen LogP contribution in [0.25, 0.3) is 0 Å². The van der Waals surface area contributed by atoms with Gasteiger partial charge in [-0.25, -0.2) is 9.78 Å². The van der Waals surface area contributed by atoms with Crippen molar-refractivity contribution in [2.75, 3.05) is 20.6 Å². The summed E-state index contributed by atoms with van der Waals surface area (Å²) in [6, 6.07) is 10.2. The van der Waals surface area contributed by atoms with Crippen LogP contribution in [0.3, 0.4) is 0 Å². The third kappa shape index (κ3) is 2.99. The highest BCUT2D eigenvalue weighted by atomic mass is 16.2. The highest BCUT2D eigenvalue weighted by molar-refractivity contribution is 6.07. The maximum Gasteiger partial charge on any atom is 0.325 e. The molecule has 148 valence electrons. The topological polar surface area (TPSA) is 70.5 Å². The smallest absolute Gasteiger partial charge is 0.325 e. The number of rotatable bonds is 5. The van der Waals surface area contributed by atoms with Gasteiger partial charge in [0.25, 0.3) is 5.91 Å². The maximum absolute atomic E-state index is 13.2. The Labute approximate surface area is 165 Å². The van der Waals surface area contributed by atoms with Gasteiger partial charge < -0.3 is 9.88 Å². The minimum atomic E-state index is -0.764. The van der Waals surface area contributed by atoms with Gasteiger partial charge in [0.1, 0.15) is 5.54 Å². The summed E-state index contributed by atoms with van der Waals surface area (Å²) in [5.41, 5.74) is 0.394. The molecule has 1 saturated heterocycles. The second-order valence-corrected chi connectivity index (χ2v) is 8.06. The molecule has 2 aliphatic rings. The predicted octanol–water partition coefficient (Wildman–Crippen LogP) is 2.20. The average molecular weight is 381 g/mol. The molecule has 7 heteroatoms. The standard InChI is InChI=1S/C21H27N5O2/c1-24(2)21(17-6-4-3-5-7-17)10-8-20(9-11-21)18(27)26(19(28)23-20)15-14-25-13-12-22-16-25/h3-7,12-13,16H,8-11,14-15H2,1-2H3,(H,23,28)/t20-,21+. The van der Waals surface area contributed by atoms with Gasteiger partial charge in [-0.05, 0) is 45.3 Å². The molecule has 4 rings (SSSR count). The van der Waals surface area contributed by atoms with Gasteiger partial charge in [0.05, 0.1) is 6.33 Å². The zero-order chi connectivity index (χ0) is 19.8. The molecule has 7 nitrogen and oxygen atoms in total. The number of hydrogen-bond donors (Lipinski definition) is 1. The Morgan fingerprint density at radius 1 is 1.07 bits per heavy atom. The Kier molecular flexibility index (Phi) is 4.71. The number of carbonyl (C=O) groups excluding carboxylic acids is 2. The Balaban J connectivity index is 1.50. The van der Waals surface area contributed by atoms with Crippen molar-refractivity contribution in [1.82, 2.24) is 24.7 Å². The first-order chi connectivity index (χ1) is 13.5. The first kappa shape index (κ1) is 18.7.